The molecule has 1 unspecified atom stereocenters. The summed E-state index contributed by atoms with van der Waals surface area (Å²) >= 11 is 0. The van der Waals surface area contributed by atoms with Crippen molar-refractivity contribution in [2.75, 3.05) is 5.32 Å². The van der Waals surface area contributed by atoms with Crippen LogP contribution in [0.2, 0.25) is 0 Å². The summed E-state index contributed by atoms with van der Waals surface area (Å²) in [5.74, 6) is 0.807. The van der Waals surface area contributed by atoms with Gasteiger partial charge in [0, 0.05) is 11.7 Å². The van der Waals surface area contributed by atoms with E-state index in [9.17, 15) is 0 Å². The first-order valence-electron chi connectivity index (χ1n) is 6.76. The van der Waals surface area contributed by atoms with Crippen molar-refractivity contribution in [1.29, 1.82) is 0 Å². The molecule has 0 radical (unpaired) electrons. The van der Waals surface area contributed by atoms with E-state index in [2.05, 4.69) is 18.3 Å². The second kappa shape index (κ2) is 6.06. The zero-order valence-electron chi connectivity index (χ0n) is 10.7. The lowest BCUT2D eigenvalue weighted by atomic mass is 9.84. The van der Waals surface area contributed by atoms with Crippen molar-refractivity contribution in [3.63, 3.8) is 0 Å². The molecule has 0 aliphatic heterocycles. The van der Waals surface area contributed by atoms with E-state index >= 15 is 0 Å². The normalized spacial score (nSPS) is 18.9. The topological polar surface area (TPSA) is 32.3 Å². The standard InChI is InChI=1S/C15H23NO/c1-12(14-7-3-2-4-8-14)16-15-9-5-6-13(10-15)11-17/h5-6,9-10,12,14,16-17H,2-4,7-8,11H2,1H3. The van der Waals surface area contributed by atoms with Gasteiger partial charge in [-0.05, 0) is 43.4 Å². The zero-order chi connectivity index (χ0) is 12.1. The Labute approximate surface area is 104 Å². The second-order valence-electron chi connectivity index (χ2n) is 5.19. The molecule has 1 atom stereocenters. The van der Waals surface area contributed by atoms with Crippen molar-refractivity contribution < 1.29 is 5.11 Å². The number of benzene rings is 1. The molecule has 0 aromatic heterocycles. The summed E-state index contributed by atoms with van der Waals surface area (Å²) in [7, 11) is 0. The fourth-order valence-corrected chi connectivity index (χ4v) is 2.77. The molecule has 94 valence electrons. The van der Waals surface area contributed by atoms with E-state index in [0.717, 1.165) is 17.2 Å². The lowest BCUT2D eigenvalue weighted by Gasteiger charge is -2.29. The summed E-state index contributed by atoms with van der Waals surface area (Å²) < 4.78 is 0. The lowest BCUT2D eigenvalue weighted by molar-refractivity contribution is 0.282. The van der Waals surface area contributed by atoms with E-state index in [1.807, 2.05) is 18.2 Å². The van der Waals surface area contributed by atoms with Crippen LogP contribution < -0.4 is 5.32 Å². The molecule has 0 saturated heterocycles. The number of hydrogen-bond acceptors (Lipinski definition) is 2. The van der Waals surface area contributed by atoms with Gasteiger partial charge in [0.15, 0.2) is 0 Å². The van der Waals surface area contributed by atoms with E-state index in [1.54, 1.807) is 0 Å². The van der Waals surface area contributed by atoms with E-state index in [-0.39, 0.29) is 6.61 Å². The Kier molecular flexibility index (Phi) is 4.43. The number of aliphatic hydroxyl groups excluding tert-OH is 1. The van der Waals surface area contributed by atoms with Crippen LogP contribution in [-0.2, 0) is 6.61 Å². The van der Waals surface area contributed by atoms with E-state index in [1.165, 1.54) is 32.1 Å². The highest BCUT2D eigenvalue weighted by Gasteiger charge is 2.19. The average molecular weight is 233 g/mol. The highest BCUT2D eigenvalue weighted by molar-refractivity contribution is 5.46. The first-order chi connectivity index (χ1) is 8.29. The third-order valence-corrected chi connectivity index (χ3v) is 3.86. The molecule has 1 aliphatic rings. The number of anilines is 1. The number of rotatable bonds is 4. The van der Waals surface area contributed by atoms with Crippen LogP contribution in [-0.4, -0.2) is 11.1 Å². The average Bonchev–Trinajstić information content (AvgIpc) is 2.40. The molecule has 0 bridgehead atoms. The van der Waals surface area contributed by atoms with Gasteiger partial charge in [0.2, 0.25) is 0 Å². The zero-order valence-corrected chi connectivity index (χ0v) is 10.7. The molecule has 2 heteroatoms. The van der Waals surface area contributed by atoms with E-state index < -0.39 is 0 Å². The van der Waals surface area contributed by atoms with Crippen LogP contribution in [0.3, 0.4) is 0 Å². The quantitative estimate of drug-likeness (QED) is 0.833. The Balaban J connectivity index is 1.94. The number of aliphatic hydroxyl groups is 1. The van der Waals surface area contributed by atoms with Gasteiger partial charge in [0.25, 0.3) is 0 Å². The first kappa shape index (κ1) is 12.4. The van der Waals surface area contributed by atoms with Gasteiger partial charge >= 0.3 is 0 Å². The maximum atomic E-state index is 9.12. The van der Waals surface area contributed by atoms with Crippen LogP contribution in [0.4, 0.5) is 5.69 Å². The number of hydrogen-bond donors (Lipinski definition) is 2. The van der Waals surface area contributed by atoms with Crippen molar-refractivity contribution in [2.24, 2.45) is 5.92 Å². The molecule has 1 fully saturated rings. The highest BCUT2D eigenvalue weighted by Crippen LogP contribution is 2.28. The molecule has 1 saturated carbocycles. The summed E-state index contributed by atoms with van der Waals surface area (Å²) in [5.41, 5.74) is 2.11. The van der Waals surface area contributed by atoms with Gasteiger partial charge in [0.05, 0.1) is 6.61 Å². The minimum Gasteiger partial charge on any atom is -0.392 e. The molecule has 0 heterocycles. The van der Waals surface area contributed by atoms with Gasteiger partial charge < -0.3 is 10.4 Å². The fourth-order valence-electron chi connectivity index (χ4n) is 2.77. The predicted octanol–water partition coefficient (Wildman–Crippen LogP) is 3.56. The van der Waals surface area contributed by atoms with Gasteiger partial charge in [0.1, 0.15) is 0 Å². The SMILES string of the molecule is CC(Nc1cccc(CO)c1)C1CCCCC1. The number of nitrogens with one attached hydrogen (secondary N) is 1. The molecule has 2 rings (SSSR count). The molecule has 17 heavy (non-hydrogen) atoms. The summed E-state index contributed by atoms with van der Waals surface area (Å²) in [4.78, 5) is 0. The molecule has 1 aromatic rings. The summed E-state index contributed by atoms with van der Waals surface area (Å²) in [6.45, 7) is 2.40. The van der Waals surface area contributed by atoms with Crippen molar-refractivity contribution in [1.82, 2.24) is 0 Å². The third-order valence-electron chi connectivity index (χ3n) is 3.86. The Morgan fingerprint density at radius 2 is 2.06 bits per heavy atom. The van der Waals surface area contributed by atoms with Crippen LogP contribution in [0.1, 0.15) is 44.6 Å². The maximum absolute atomic E-state index is 9.12. The van der Waals surface area contributed by atoms with Crippen LogP contribution >= 0.6 is 0 Å². The maximum Gasteiger partial charge on any atom is 0.0682 e. The molecule has 0 spiro atoms. The lowest BCUT2D eigenvalue weighted by Crippen LogP contribution is -2.27. The fraction of sp³-hybridized carbons (Fsp3) is 0.600. The smallest absolute Gasteiger partial charge is 0.0682 e. The van der Waals surface area contributed by atoms with Crippen molar-refractivity contribution in [3.8, 4) is 0 Å². The molecule has 1 aromatic carbocycles. The second-order valence-corrected chi connectivity index (χ2v) is 5.19. The van der Waals surface area contributed by atoms with Crippen molar-refractivity contribution >= 4 is 5.69 Å². The van der Waals surface area contributed by atoms with Crippen LogP contribution in [0.25, 0.3) is 0 Å². The van der Waals surface area contributed by atoms with Crippen molar-refractivity contribution in [3.05, 3.63) is 29.8 Å². The molecule has 1 aliphatic carbocycles. The molecular weight excluding hydrogens is 210 g/mol. The van der Waals surface area contributed by atoms with Gasteiger partial charge in [-0.15, -0.1) is 0 Å². The Hall–Kier alpha value is -1.02. The van der Waals surface area contributed by atoms with Gasteiger partial charge in [-0.25, -0.2) is 0 Å². The van der Waals surface area contributed by atoms with Gasteiger partial charge in [-0.3, -0.25) is 0 Å². The van der Waals surface area contributed by atoms with Crippen LogP contribution in [0, 0.1) is 5.92 Å². The largest absolute Gasteiger partial charge is 0.392 e. The third kappa shape index (κ3) is 3.47. The Morgan fingerprint density at radius 3 is 2.76 bits per heavy atom. The van der Waals surface area contributed by atoms with E-state index in [4.69, 9.17) is 5.11 Å². The summed E-state index contributed by atoms with van der Waals surface area (Å²) in [6.07, 6.45) is 6.88. The van der Waals surface area contributed by atoms with Crippen LogP contribution in [0.5, 0.6) is 0 Å². The minimum absolute atomic E-state index is 0.118. The monoisotopic (exact) mass is 233 g/mol. The molecular formula is C15H23NO. The molecule has 2 N–H and O–H groups in total. The highest BCUT2D eigenvalue weighted by atomic mass is 16.3. The summed E-state index contributed by atoms with van der Waals surface area (Å²) in [5, 5.41) is 12.7. The van der Waals surface area contributed by atoms with E-state index in [0.29, 0.717) is 6.04 Å². The van der Waals surface area contributed by atoms with Crippen molar-refractivity contribution in [2.45, 2.75) is 51.7 Å². The predicted molar refractivity (Wildman–Crippen MR) is 72.0 cm³/mol. The van der Waals surface area contributed by atoms with Gasteiger partial charge in [-0.2, -0.15) is 0 Å². The Bertz CT molecular complexity index is 345. The van der Waals surface area contributed by atoms with Gasteiger partial charge in [-0.1, -0.05) is 31.4 Å². The Morgan fingerprint density at radius 1 is 1.29 bits per heavy atom. The molecule has 2 nitrogen and oxygen atoms in total. The minimum atomic E-state index is 0.118. The first-order valence-corrected chi connectivity index (χ1v) is 6.76. The summed E-state index contributed by atoms with van der Waals surface area (Å²) in [6, 6.07) is 8.61. The van der Waals surface area contributed by atoms with Crippen LogP contribution in [0.15, 0.2) is 24.3 Å². The molecule has 0 amide bonds.